The molecule has 8 heteroatoms. The van der Waals surface area contributed by atoms with Crippen LogP contribution in [0.4, 0.5) is 4.39 Å². The second-order valence-electron chi connectivity index (χ2n) is 4.65. The Labute approximate surface area is 122 Å². The van der Waals surface area contributed by atoms with Gasteiger partial charge >= 0.3 is 0 Å². The van der Waals surface area contributed by atoms with Crippen LogP contribution in [-0.4, -0.2) is 20.0 Å². The summed E-state index contributed by atoms with van der Waals surface area (Å²) in [6.07, 6.45) is 0. The number of rotatable bonds is 5. The minimum absolute atomic E-state index is 0.00247. The molecule has 0 spiro atoms. The van der Waals surface area contributed by atoms with Gasteiger partial charge in [0.15, 0.2) is 0 Å². The van der Waals surface area contributed by atoms with Crippen molar-refractivity contribution in [2.45, 2.75) is 18.7 Å². The zero-order chi connectivity index (χ0) is 14.8. The maximum absolute atomic E-state index is 13.1. The molecular weight excluding hydrogens is 311 g/mol. The van der Waals surface area contributed by atoms with Gasteiger partial charge in [-0.05, 0) is 18.2 Å². The van der Waals surface area contributed by atoms with Gasteiger partial charge in [-0.3, -0.25) is 0 Å². The predicted octanol–water partition coefficient (Wildman–Crippen LogP) is 2.07. The highest BCUT2D eigenvalue weighted by Crippen LogP contribution is 2.23. The lowest BCUT2D eigenvalue weighted by molar-refractivity contribution is 0.501. The second kappa shape index (κ2) is 5.70. The molecule has 3 N–H and O–H groups in total. The lowest BCUT2D eigenvalue weighted by Gasteiger charge is -2.23. The van der Waals surface area contributed by atoms with E-state index < -0.39 is 21.3 Å². The summed E-state index contributed by atoms with van der Waals surface area (Å²) in [5.41, 5.74) is 4.81. The van der Waals surface area contributed by atoms with Crippen molar-refractivity contribution in [3.05, 3.63) is 29.0 Å². The minimum atomic E-state index is -3.92. The molecule has 1 rings (SSSR count). The molecule has 0 aliphatic heterocycles. The fourth-order valence-corrected chi connectivity index (χ4v) is 2.92. The molecule has 0 fully saturated rings. The summed E-state index contributed by atoms with van der Waals surface area (Å²) in [6, 6.07) is 3.13. The van der Waals surface area contributed by atoms with E-state index in [4.69, 9.17) is 29.6 Å². The van der Waals surface area contributed by atoms with E-state index >= 15 is 0 Å². The molecule has 4 nitrogen and oxygen atoms in total. The Morgan fingerprint density at radius 3 is 2.63 bits per heavy atom. The summed E-state index contributed by atoms with van der Waals surface area (Å²) in [5, 5.41) is -0.0537. The number of halogens is 2. The van der Waals surface area contributed by atoms with Crippen molar-refractivity contribution in [1.82, 2.24) is 4.72 Å². The Morgan fingerprint density at radius 2 is 2.11 bits per heavy atom. The first-order chi connectivity index (χ1) is 8.56. The zero-order valence-electron chi connectivity index (χ0n) is 10.4. The lowest BCUT2D eigenvalue weighted by atomic mass is 9.94. The number of hydrogen-bond donors (Lipinski definition) is 2. The summed E-state index contributed by atoms with van der Waals surface area (Å²) in [7, 11) is -3.92. The fourth-order valence-electron chi connectivity index (χ4n) is 1.12. The molecule has 0 atom stereocenters. The van der Waals surface area contributed by atoms with Crippen LogP contribution in [0.5, 0.6) is 0 Å². The molecule has 1 aromatic carbocycles. The normalized spacial score (nSPS) is 12.4. The Hall–Kier alpha value is -0.760. The SMILES string of the molecule is CC(C)(CNS(=O)(=O)c1cc(F)ccc1Cl)C(N)=S. The average molecular weight is 325 g/mol. The van der Waals surface area contributed by atoms with E-state index in [-0.39, 0.29) is 21.5 Å². The van der Waals surface area contributed by atoms with Crippen molar-refractivity contribution in [1.29, 1.82) is 0 Å². The maximum atomic E-state index is 13.1. The van der Waals surface area contributed by atoms with Crippen LogP contribution in [0.1, 0.15) is 13.8 Å². The Morgan fingerprint density at radius 1 is 1.53 bits per heavy atom. The van der Waals surface area contributed by atoms with E-state index in [1.54, 1.807) is 13.8 Å². The predicted molar refractivity (Wildman–Crippen MR) is 77.2 cm³/mol. The maximum Gasteiger partial charge on any atom is 0.242 e. The number of hydrogen-bond acceptors (Lipinski definition) is 3. The largest absolute Gasteiger partial charge is 0.393 e. The van der Waals surface area contributed by atoms with Crippen LogP contribution in [-0.2, 0) is 10.0 Å². The summed E-state index contributed by atoms with van der Waals surface area (Å²) >= 11 is 10.6. The Kier molecular flexibility index (Phi) is 4.89. The van der Waals surface area contributed by atoms with Crippen LogP contribution in [0.15, 0.2) is 23.1 Å². The van der Waals surface area contributed by atoms with Gasteiger partial charge in [0.25, 0.3) is 0 Å². The Balaban J connectivity index is 3.00. The van der Waals surface area contributed by atoms with E-state index in [1.807, 2.05) is 0 Å². The molecule has 0 amide bonds. The van der Waals surface area contributed by atoms with E-state index in [2.05, 4.69) is 4.72 Å². The van der Waals surface area contributed by atoms with Gasteiger partial charge in [-0.2, -0.15) is 0 Å². The molecule has 1 aromatic rings. The molecular formula is C11H14ClFN2O2S2. The van der Waals surface area contributed by atoms with Crippen LogP contribution in [0, 0.1) is 11.2 Å². The van der Waals surface area contributed by atoms with Crippen molar-refractivity contribution < 1.29 is 12.8 Å². The summed E-state index contributed by atoms with van der Waals surface area (Å²) < 4.78 is 39.5. The number of nitrogens with two attached hydrogens (primary N) is 1. The van der Waals surface area contributed by atoms with Gasteiger partial charge in [-0.15, -0.1) is 0 Å². The Bertz CT molecular complexity index is 603. The fraction of sp³-hybridized carbons (Fsp3) is 0.364. The summed E-state index contributed by atoms with van der Waals surface area (Å²) in [4.78, 5) is -0.131. The summed E-state index contributed by atoms with van der Waals surface area (Å²) in [5.74, 6) is -0.682. The third-order valence-corrected chi connectivity index (χ3v) is 4.99. The number of nitrogens with one attached hydrogen (secondary N) is 1. The molecule has 0 bridgehead atoms. The topological polar surface area (TPSA) is 72.2 Å². The lowest BCUT2D eigenvalue weighted by Crippen LogP contribution is -2.41. The number of benzene rings is 1. The highest BCUT2D eigenvalue weighted by molar-refractivity contribution is 7.89. The van der Waals surface area contributed by atoms with Crippen LogP contribution in [0.2, 0.25) is 5.02 Å². The number of thiocarbonyl (C=S) groups is 1. The van der Waals surface area contributed by atoms with E-state index in [0.717, 1.165) is 12.1 Å². The highest BCUT2D eigenvalue weighted by Gasteiger charge is 2.26. The van der Waals surface area contributed by atoms with Crippen molar-refractivity contribution in [3.8, 4) is 0 Å². The first-order valence-corrected chi connectivity index (χ1v) is 7.58. The molecule has 0 aromatic heterocycles. The number of sulfonamides is 1. The van der Waals surface area contributed by atoms with Crippen LogP contribution in [0.25, 0.3) is 0 Å². The molecule has 0 saturated heterocycles. The molecule has 0 unspecified atom stereocenters. The standard InChI is InChI=1S/C11H14ClFN2O2S2/c1-11(2,10(14)18)6-15-19(16,17)9-5-7(13)3-4-8(9)12/h3-5,15H,6H2,1-2H3,(H2,14,18). The zero-order valence-corrected chi connectivity index (χ0v) is 12.8. The highest BCUT2D eigenvalue weighted by atomic mass is 35.5. The van der Waals surface area contributed by atoms with Gasteiger partial charge in [-0.25, -0.2) is 17.5 Å². The molecule has 106 valence electrons. The van der Waals surface area contributed by atoms with Crippen molar-refractivity contribution in [2.75, 3.05) is 6.54 Å². The first kappa shape index (κ1) is 16.3. The van der Waals surface area contributed by atoms with Gasteiger partial charge in [0.1, 0.15) is 10.7 Å². The third-order valence-electron chi connectivity index (χ3n) is 2.55. The smallest absolute Gasteiger partial charge is 0.242 e. The molecule has 0 aliphatic carbocycles. The molecule has 0 radical (unpaired) electrons. The van der Waals surface area contributed by atoms with Crippen molar-refractivity contribution in [2.24, 2.45) is 11.1 Å². The van der Waals surface area contributed by atoms with Crippen LogP contribution in [0.3, 0.4) is 0 Å². The van der Waals surface area contributed by atoms with Crippen LogP contribution < -0.4 is 10.5 Å². The van der Waals surface area contributed by atoms with Crippen LogP contribution >= 0.6 is 23.8 Å². The molecule has 0 saturated carbocycles. The van der Waals surface area contributed by atoms with Gasteiger partial charge in [0.2, 0.25) is 10.0 Å². The molecule has 19 heavy (non-hydrogen) atoms. The average Bonchev–Trinajstić information content (AvgIpc) is 2.30. The van der Waals surface area contributed by atoms with Gasteiger partial charge in [-0.1, -0.05) is 37.7 Å². The monoisotopic (exact) mass is 324 g/mol. The van der Waals surface area contributed by atoms with E-state index in [9.17, 15) is 12.8 Å². The third kappa shape index (κ3) is 4.10. The van der Waals surface area contributed by atoms with Gasteiger partial charge in [0.05, 0.1) is 10.0 Å². The quantitative estimate of drug-likeness (QED) is 0.813. The van der Waals surface area contributed by atoms with Gasteiger partial charge < -0.3 is 5.73 Å². The molecule has 0 aliphatic rings. The summed E-state index contributed by atoms with van der Waals surface area (Å²) in [6.45, 7) is 3.40. The van der Waals surface area contributed by atoms with E-state index in [0.29, 0.717) is 0 Å². The van der Waals surface area contributed by atoms with Gasteiger partial charge in [0, 0.05) is 12.0 Å². The minimum Gasteiger partial charge on any atom is -0.393 e. The van der Waals surface area contributed by atoms with Crippen molar-refractivity contribution in [3.63, 3.8) is 0 Å². The second-order valence-corrected chi connectivity index (χ2v) is 7.23. The van der Waals surface area contributed by atoms with E-state index in [1.165, 1.54) is 6.07 Å². The first-order valence-electron chi connectivity index (χ1n) is 5.31. The van der Waals surface area contributed by atoms with Crippen molar-refractivity contribution >= 4 is 38.8 Å². The molecule has 0 heterocycles.